The molecule has 0 amide bonds. The number of carbonyl (C=O) groups is 1. The molecule has 4 aliphatic rings. The number of fused-ring (bicyclic) bond motifs is 5. The molecule has 3 saturated carbocycles. The van der Waals surface area contributed by atoms with Crippen molar-refractivity contribution in [2.24, 2.45) is 40.3 Å². The molecule has 7 atom stereocenters. The van der Waals surface area contributed by atoms with Gasteiger partial charge in [-0.3, -0.25) is 4.79 Å². The van der Waals surface area contributed by atoms with E-state index in [1.165, 1.54) is 6.92 Å². The summed E-state index contributed by atoms with van der Waals surface area (Å²) in [4.78, 5) is 11.9. The lowest BCUT2D eigenvalue weighted by molar-refractivity contribution is -0.161. The Morgan fingerprint density at radius 3 is 2.76 bits per heavy atom. The van der Waals surface area contributed by atoms with Crippen molar-refractivity contribution in [3.63, 3.8) is 0 Å². The van der Waals surface area contributed by atoms with Crippen LogP contribution >= 0.6 is 0 Å². The molecular weight excluding hydrogens is 366 g/mol. The number of rotatable bonds is 2. The van der Waals surface area contributed by atoms with Crippen molar-refractivity contribution in [1.82, 2.24) is 0 Å². The van der Waals surface area contributed by atoms with Gasteiger partial charge < -0.3 is 21.4 Å². The Labute approximate surface area is 173 Å². The summed E-state index contributed by atoms with van der Waals surface area (Å²) in [6.45, 7) is 3.62. The molecule has 6 heteroatoms. The molecule has 0 spiro atoms. The van der Waals surface area contributed by atoms with E-state index >= 15 is 0 Å². The van der Waals surface area contributed by atoms with Crippen molar-refractivity contribution in [1.29, 1.82) is 0 Å². The van der Waals surface area contributed by atoms with E-state index in [1.807, 2.05) is 6.08 Å². The first kappa shape index (κ1) is 20.4. The quantitative estimate of drug-likeness (QED) is 0.286. The molecule has 4 aliphatic carbocycles. The van der Waals surface area contributed by atoms with Crippen LogP contribution in [-0.4, -0.2) is 33.6 Å². The van der Waals surface area contributed by atoms with E-state index in [2.05, 4.69) is 18.0 Å². The minimum absolute atomic E-state index is 0.0786. The normalized spacial score (nSPS) is 47.4. The Kier molecular flexibility index (Phi) is 4.83. The summed E-state index contributed by atoms with van der Waals surface area (Å²) in [6, 6.07) is 0. The van der Waals surface area contributed by atoms with Gasteiger partial charge in [-0.15, -0.1) is 6.42 Å². The number of nitrogens with two attached hydrogens (primary N) is 2. The molecular formula is C23H33N3O3. The molecule has 158 valence electrons. The fraction of sp³-hybridized carbons (Fsp3) is 0.739. The lowest BCUT2D eigenvalue weighted by Gasteiger charge is -2.62. The number of ether oxygens (including phenoxy) is 1. The van der Waals surface area contributed by atoms with Crippen LogP contribution in [0.2, 0.25) is 0 Å². The van der Waals surface area contributed by atoms with Crippen LogP contribution in [0.3, 0.4) is 0 Å². The highest BCUT2D eigenvalue weighted by molar-refractivity contribution is 5.96. The molecule has 5 N–H and O–H groups in total. The molecule has 0 aromatic heterocycles. The zero-order valence-electron chi connectivity index (χ0n) is 17.5. The van der Waals surface area contributed by atoms with Gasteiger partial charge in [0.2, 0.25) is 0 Å². The number of carbonyl (C=O) groups excluding carboxylic acids is 1. The Morgan fingerprint density at radius 2 is 2.14 bits per heavy atom. The maximum atomic E-state index is 11.9. The molecule has 4 rings (SSSR count). The second kappa shape index (κ2) is 6.85. The lowest BCUT2D eigenvalue weighted by atomic mass is 9.46. The summed E-state index contributed by atoms with van der Waals surface area (Å²) in [7, 11) is 0. The molecule has 0 aliphatic heterocycles. The molecule has 0 heterocycles. The van der Waals surface area contributed by atoms with Gasteiger partial charge in [-0.05, 0) is 74.3 Å². The highest BCUT2D eigenvalue weighted by Crippen LogP contribution is 2.63. The molecule has 0 aromatic carbocycles. The van der Waals surface area contributed by atoms with Gasteiger partial charge in [0.25, 0.3) is 0 Å². The number of hydrogen-bond acceptors (Lipinski definition) is 6. The Hall–Kier alpha value is -1.84. The van der Waals surface area contributed by atoms with Gasteiger partial charge in [0.15, 0.2) is 5.60 Å². The number of hydrogen-bond donors (Lipinski definition) is 3. The first-order chi connectivity index (χ1) is 13.7. The SMILES string of the molecule is C#C[C@]1(OC(C)=O)CC[C@@H]2C1[C@H](CC)C[C@H]1[C@@]2(N)CCC2=C/C(=N/O)CC[C@@]21N. The molecule has 6 nitrogen and oxygen atoms in total. The van der Waals surface area contributed by atoms with E-state index < -0.39 is 16.7 Å². The first-order valence-electron chi connectivity index (χ1n) is 10.9. The topological polar surface area (TPSA) is 111 Å². The highest BCUT2D eigenvalue weighted by Gasteiger charge is 2.67. The first-order valence-corrected chi connectivity index (χ1v) is 10.9. The Balaban J connectivity index is 1.76. The average Bonchev–Trinajstić information content (AvgIpc) is 3.07. The molecule has 0 radical (unpaired) electrons. The Morgan fingerprint density at radius 1 is 1.38 bits per heavy atom. The van der Waals surface area contributed by atoms with Crippen molar-refractivity contribution < 1.29 is 14.7 Å². The second-order valence-corrected chi connectivity index (χ2v) is 9.67. The minimum atomic E-state index is -0.852. The van der Waals surface area contributed by atoms with Crippen LogP contribution in [0.1, 0.15) is 65.2 Å². The van der Waals surface area contributed by atoms with Gasteiger partial charge in [0, 0.05) is 23.9 Å². The summed E-state index contributed by atoms with van der Waals surface area (Å²) in [5.74, 6) is 3.29. The van der Waals surface area contributed by atoms with Gasteiger partial charge in [0.1, 0.15) is 0 Å². The number of oxime groups is 1. The predicted octanol–water partition coefficient (Wildman–Crippen LogP) is 2.73. The maximum absolute atomic E-state index is 11.9. The van der Waals surface area contributed by atoms with Gasteiger partial charge in [-0.2, -0.15) is 0 Å². The van der Waals surface area contributed by atoms with Crippen LogP contribution in [-0.2, 0) is 9.53 Å². The fourth-order valence-electron chi connectivity index (χ4n) is 7.36. The van der Waals surface area contributed by atoms with Crippen LogP contribution in [0.25, 0.3) is 0 Å². The molecule has 3 fully saturated rings. The maximum Gasteiger partial charge on any atom is 0.304 e. The minimum Gasteiger partial charge on any atom is -0.446 e. The second-order valence-electron chi connectivity index (χ2n) is 9.67. The van der Waals surface area contributed by atoms with E-state index in [-0.39, 0.29) is 23.7 Å². The highest BCUT2D eigenvalue weighted by atomic mass is 16.6. The van der Waals surface area contributed by atoms with Crippen molar-refractivity contribution >= 4 is 11.7 Å². The third-order valence-corrected chi connectivity index (χ3v) is 8.59. The molecule has 1 unspecified atom stereocenters. The number of nitrogens with zero attached hydrogens (tertiary/aromatic N) is 1. The van der Waals surface area contributed by atoms with Crippen molar-refractivity contribution in [3.05, 3.63) is 11.6 Å². The van der Waals surface area contributed by atoms with Gasteiger partial charge >= 0.3 is 5.97 Å². The van der Waals surface area contributed by atoms with E-state index in [0.29, 0.717) is 24.5 Å². The smallest absolute Gasteiger partial charge is 0.304 e. The summed E-state index contributed by atoms with van der Waals surface area (Å²) < 4.78 is 5.82. The molecule has 29 heavy (non-hydrogen) atoms. The summed E-state index contributed by atoms with van der Waals surface area (Å²) in [6.07, 6.45) is 14.4. The number of esters is 1. The predicted molar refractivity (Wildman–Crippen MR) is 111 cm³/mol. The number of allylic oxidation sites excluding steroid dienone is 1. The van der Waals surface area contributed by atoms with Crippen molar-refractivity contribution in [3.8, 4) is 12.3 Å². The Bertz CT molecular complexity index is 815. The monoisotopic (exact) mass is 399 g/mol. The van der Waals surface area contributed by atoms with Crippen LogP contribution in [0.5, 0.6) is 0 Å². The van der Waals surface area contributed by atoms with E-state index in [1.54, 1.807) is 0 Å². The third kappa shape index (κ3) is 2.78. The van der Waals surface area contributed by atoms with Gasteiger partial charge in [-0.25, -0.2) is 0 Å². The van der Waals surface area contributed by atoms with Crippen molar-refractivity contribution in [2.45, 2.75) is 81.9 Å². The van der Waals surface area contributed by atoms with Crippen LogP contribution in [0.15, 0.2) is 16.8 Å². The molecule has 0 saturated heterocycles. The summed E-state index contributed by atoms with van der Waals surface area (Å²) >= 11 is 0. The van der Waals surface area contributed by atoms with Crippen LogP contribution in [0, 0.1) is 36.0 Å². The molecule has 0 bridgehead atoms. The number of terminal acetylenes is 1. The average molecular weight is 400 g/mol. The van der Waals surface area contributed by atoms with Crippen LogP contribution in [0.4, 0.5) is 0 Å². The fourth-order valence-corrected chi connectivity index (χ4v) is 7.36. The third-order valence-electron chi connectivity index (χ3n) is 8.59. The standard InChI is InChI=1S/C23H33N3O3/c1-4-15-12-19-22(24)11-7-17(26-28)13-16(22)6-10-23(19,25)18-8-9-21(5-2,20(15)18)29-14(3)27/h2,13,15,18-20,28H,4,6-12,24-25H2,1,3H3/b26-17+/t15-,18-,19-,20?,21+,22-,23-/m1/s1. The summed E-state index contributed by atoms with van der Waals surface area (Å²) in [5, 5.41) is 12.6. The molecule has 0 aromatic rings. The van der Waals surface area contributed by atoms with Crippen LogP contribution < -0.4 is 11.5 Å². The largest absolute Gasteiger partial charge is 0.446 e. The van der Waals surface area contributed by atoms with E-state index in [0.717, 1.165) is 44.1 Å². The van der Waals surface area contributed by atoms with E-state index in [4.69, 9.17) is 22.6 Å². The van der Waals surface area contributed by atoms with Gasteiger partial charge in [-0.1, -0.05) is 24.4 Å². The zero-order chi connectivity index (χ0) is 21.0. The van der Waals surface area contributed by atoms with Crippen molar-refractivity contribution in [2.75, 3.05) is 0 Å². The zero-order valence-corrected chi connectivity index (χ0v) is 17.5. The van der Waals surface area contributed by atoms with Gasteiger partial charge in [0.05, 0.1) is 5.71 Å². The van der Waals surface area contributed by atoms with E-state index in [9.17, 15) is 10.0 Å². The summed E-state index contributed by atoms with van der Waals surface area (Å²) in [5.41, 5.74) is 14.5. The lowest BCUT2D eigenvalue weighted by Crippen LogP contribution is -2.72.